The van der Waals surface area contributed by atoms with E-state index in [2.05, 4.69) is 44.4 Å². The maximum Gasteiger partial charge on any atom is 0.257 e. The van der Waals surface area contributed by atoms with Crippen molar-refractivity contribution in [3.05, 3.63) is 45.8 Å². The Morgan fingerprint density at radius 3 is 2.84 bits per heavy atom. The first kappa shape index (κ1) is 24.2. The summed E-state index contributed by atoms with van der Waals surface area (Å²) in [7, 11) is 0. The summed E-state index contributed by atoms with van der Waals surface area (Å²) in [6.45, 7) is 9.54. The molecule has 1 atom stereocenters. The maximum absolute atomic E-state index is 12.7. The quantitative estimate of drug-likeness (QED) is 0.396. The van der Waals surface area contributed by atoms with Crippen LogP contribution < -0.4 is 15.4 Å². The van der Waals surface area contributed by atoms with Crippen molar-refractivity contribution in [1.82, 2.24) is 5.32 Å². The number of nitrogens with one attached hydrogen (secondary N) is 2. The number of thiophene rings is 1. The predicted octanol–water partition coefficient (Wildman–Crippen LogP) is 6.08. The Bertz CT molecular complexity index is 1030. The van der Waals surface area contributed by atoms with Crippen LogP contribution in [0.2, 0.25) is 0 Å². The first-order valence-corrected chi connectivity index (χ1v) is 12.3. The number of benzene rings is 1. The number of rotatable bonds is 6. The van der Waals surface area contributed by atoms with E-state index in [4.69, 9.17) is 17.0 Å². The molecule has 0 saturated heterocycles. The molecule has 1 aromatic heterocycles. The third-order valence-electron chi connectivity index (χ3n) is 5.92. The van der Waals surface area contributed by atoms with Crippen molar-refractivity contribution in [2.75, 3.05) is 11.9 Å². The van der Waals surface area contributed by atoms with Crippen LogP contribution in [0.4, 0.5) is 5.00 Å². The fraction of sp³-hybridized carbons (Fsp3) is 0.480. The highest BCUT2D eigenvalue weighted by molar-refractivity contribution is 7.80. The fourth-order valence-electron chi connectivity index (χ4n) is 3.90. The Kier molecular flexibility index (Phi) is 7.91. The molecule has 170 valence electrons. The first-order chi connectivity index (χ1) is 15.2. The Labute approximate surface area is 200 Å². The van der Waals surface area contributed by atoms with Gasteiger partial charge in [0.1, 0.15) is 16.8 Å². The van der Waals surface area contributed by atoms with E-state index < -0.39 is 0 Å². The zero-order valence-electron chi connectivity index (χ0n) is 19.2. The summed E-state index contributed by atoms with van der Waals surface area (Å²) in [5.74, 6) is 0.943. The molecule has 1 heterocycles. The van der Waals surface area contributed by atoms with Gasteiger partial charge < -0.3 is 10.1 Å². The largest absolute Gasteiger partial charge is 0.494 e. The van der Waals surface area contributed by atoms with Crippen LogP contribution in [0.15, 0.2) is 24.3 Å². The molecule has 0 bridgehead atoms. The summed E-state index contributed by atoms with van der Waals surface area (Å²) in [4.78, 5) is 13.9. The molecular weight excluding hydrogens is 438 g/mol. The summed E-state index contributed by atoms with van der Waals surface area (Å²) in [6.07, 6.45) is 4.98. The molecule has 0 aliphatic heterocycles. The second kappa shape index (κ2) is 10.5. The van der Waals surface area contributed by atoms with E-state index in [1.165, 1.54) is 4.88 Å². The van der Waals surface area contributed by atoms with Gasteiger partial charge in [0.05, 0.1) is 12.2 Å². The van der Waals surface area contributed by atoms with Crippen molar-refractivity contribution in [1.29, 1.82) is 5.26 Å². The minimum Gasteiger partial charge on any atom is -0.494 e. The van der Waals surface area contributed by atoms with Gasteiger partial charge in [0, 0.05) is 10.4 Å². The first-order valence-electron chi connectivity index (χ1n) is 11.1. The standard InChI is InChI=1S/C25H31N3O2S2/c1-5-6-12-30-18-9-7-8-16(13-18)22(29)27-24(31)28-23-20(15-26)19-11-10-17(25(2,3)4)14-21(19)32-23/h7-9,13,17H,5-6,10-12,14H2,1-4H3,(H2,27,28,29,31)/t17-/m0/s1. The predicted molar refractivity (Wildman–Crippen MR) is 135 cm³/mol. The van der Waals surface area contributed by atoms with Crippen LogP contribution in [0.3, 0.4) is 0 Å². The number of unbranched alkanes of at least 4 members (excludes halogenated alkanes) is 1. The normalized spacial score (nSPS) is 15.4. The lowest BCUT2D eigenvalue weighted by molar-refractivity contribution is 0.0977. The average Bonchev–Trinajstić information content (AvgIpc) is 3.09. The van der Waals surface area contributed by atoms with Crippen molar-refractivity contribution in [3.8, 4) is 11.8 Å². The number of hydrogen-bond donors (Lipinski definition) is 2. The summed E-state index contributed by atoms with van der Waals surface area (Å²) in [6, 6.07) is 9.40. The molecule has 1 amide bonds. The number of anilines is 1. The van der Waals surface area contributed by atoms with Crippen LogP contribution in [-0.4, -0.2) is 17.6 Å². The Morgan fingerprint density at radius 1 is 1.38 bits per heavy atom. The van der Waals surface area contributed by atoms with Crippen LogP contribution in [-0.2, 0) is 12.8 Å². The molecule has 2 N–H and O–H groups in total. The van der Waals surface area contributed by atoms with Crippen LogP contribution in [0, 0.1) is 22.7 Å². The number of carbonyl (C=O) groups excluding carboxylic acids is 1. The summed E-state index contributed by atoms with van der Waals surface area (Å²) in [5.41, 5.74) is 2.49. The zero-order chi connectivity index (χ0) is 23.3. The van der Waals surface area contributed by atoms with Crippen LogP contribution in [0.25, 0.3) is 0 Å². The SMILES string of the molecule is CCCCOc1cccc(C(=O)NC(=S)Nc2sc3c(c2C#N)CC[C@H](C(C)(C)C)C3)c1. The highest BCUT2D eigenvalue weighted by Gasteiger charge is 2.32. The Morgan fingerprint density at radius 2 is 2.16 bits per heavy atom. The molecule has 7 heteroatoms. The van der Waals surface area contributed by atoms with E-state index in [0.717, 1.165) is 37.7 Å². The minimum atomic E-state index is -0.309. The average molecular weight is 470 g/mol. The number of nitriles is 1. The summed E-state index contributed by atoms with van der Waals surface area (Å²) in [5, 5.41) is 16.5. The molecule has 2 aromatic rings. The summed E-state index contributed by atoms with van der Waals surface area (Å²) < 4.78 is 5.68. The van der Waals surface area contributed by atoms with Crippen molar-refractivity contribution in [3.63, 3.8) is 0 Å². The molecule has 32 heavy (non-hydrogen) atoms. The lowest BCUT2D eigenvalue weighted by Gasteiger charge is -2.33. The molecule has 1 aliphatic rings. The minimum absolute atomic E-state index is 0.190. The van der Waals surface area contributed by atoms with Crippen molar-refractivity contribution < 1.29 is 9.53 Å². The van der Waals surface area contributed by atoms with Crippen molar-refractivity contribution in [2.24, 2.45) is 11.3 Å². The van der Waals surface area contributed by atoms with Gasteiger partial charge in [-0.15, -0.1) is 11.3 Å². The number of nitrogens with zero attached hydrogens (tertiary/aromatic N) is 1. The van der Waals surface area contributed by atoms with E-state index in [-0.39, 0.29) is 16.4 Å². The lowest BCUT2D eigenvalue weighted by Crippen LogP contribution is -2.34. The zero-order valence-corrected chi connectivity index (χ0v) is 20.8. The van der Waals surface area contributed by atoms with Gasteiger partial charge in [-0.2, -0.15) is 5.26 Å². The highest BCUT2D eigenvalue weighted by Crippen LogP contribution is 2.43. The Balaban J connectivity index is 1.67. The van der Waals surface area contributed by atoms with Gasteiger partial charge in [-0.1, -0.05) is 40.2 Å². The number of carbonyl (C=O) groups is 1. The van der Waals surface area contributed by atoms with Crippen LogP contribution >= 0.6 is 23.6 Å². The van der Waals surface area contributed by atoms with E-state index in [9.17, 15) is 10.1 Å². The molecule has 1 aliphatic carbocycles. The number of amides is 1. The van der Waals surface area contributed by atoms with Gasteiger partial charge in [-0.05, 0) is 73.0 Å². The van der Waals surface area contributed by atoms with E-state index in [0.29, 0.717) is 34.4 Å². The van der Waals surface area contributed by atoms with Crippen molar-refractivity contribution >= 4 is 39.6 Å². The van der Waals surface area contributed by atoms with Gasteiger partial charge in [0.25, 0.3) is 5.91 Å². The van der Waals surface area contributed by atoms with Gasteiger partial charge >= 0.3 is 0 Å². The third kappa shape index (κ3) is 5.87. The molecule has 0 fully saturated rings. The Hall–Kier alpha value is -2.43. The van der Waals surface area contributed by atoms with Crippen molar-refractivity contribution in [2.45, 2.75) is 59.8 Å². The number of ether oxygens (including phenoxy) is 1. The number of fused-ring (bicyclic) bond motifs is 1. The molecule has 0 radical (unpaired) electrons. The fourth-order valence-corrected chi connectivity index (χ4v) is 5.44. The second-order valence-corrected chi connectivity index (χ2v) is 10.8. The van der Waals surface area contributed by atoms with Gasteiger partial charge in [0.15, 0.2) is 5.11 Å². The molecular formula is C25H31N3O2S2. The van der Waals surface area contributed by atoms with Gasteiger partial charge in [-0.3, -0.25) is 10.1 Å². The highest BCUT2D eigenvalue weighted by atomic mass is 32.1. The molecule has 0 saturated carbocycles. The summed E-state index contributed by atoms with van der Waals surface area (Å²) >= 11 is 6.96. The second-order valence-electron chi connectivity index (χ2n) is 9.26. The van der Waals surface area contributed by atoms with Crippen LogP contribution in [0.1, 0.15) is 73.3 Å². The molecule has 1 aromatic carbocycles. The molecule has 3 rings (SSSR count). The van der Waals surface area contributed by atoms with Gasteiger partial charge in [-0.25, -0.2) is 0 Å². The topological polar surface area (TPSA) is 74.2 Å². The van der Waals surface area contributed by atoms with Crippen LogP contribution in [0.5, 0.6) is 5.75 Å². The van der Waals surface area contributed by atoms with E-state index in [1.807, 2.05) is 6.07 Å². The third-order valence-corrected chi connectivity index (χ3v) is 7.29. The lowest BCUT2D eigenvalue weighted by atomic mass is 9.72. The number of hydrogen-bond acceptors (Lipinski definition) is 5. The molecule has 0 unspecified atom stereocenters. The molecule has 0 spiro atoms. The van der Waals surface area contributed by atoms with E-state index >= 15 is 0 Å². The number of thiocarbonyl (C=S) groups is 1. The van der Waals surface area contributed by atoms with Gasteiger partial charge in [0.2, 0.25) is 0 Å². The monoisotopic (exact) mass is 469 g/mol. The molecule has 5 nitrogen and oxygen atoms in total. The smallest absolute Gasteiger partial charge is 0.257 e. The van der Waals surface area contributed by atoms with E-state index in [1.54, 1.807) is 29.5 Å². The maximum atomic E-state index is 12.7.